The summed E-state index contributed by atoms with van der Waals surface area (Å²) in [6, 6.07) is 12.7. The van der Waals surface area contributed by atoms with Crippen molar-refractivity contribution in [1.29, 1.82) is 0 Å². The number of fused-ring (bicyclic) bond motifs is 1. The quantitative estimate of drug-likeness (QED) is 0.586. The Morgan fingerprint density at radius 2 is 1.97 bits per heavy atom. The van der Waals surface area contributed by atoms with Gasteiger partial charge in [0.05, 0.1) is 19.4 Å². The largest absolute Gasteiger partial charge is 0.494 e. The minimum absolute atomic E-state index is 0.132. The number of rotatable bonds is 6. The number of aromatic nitrogens is 2. The predicted molar refractivity (Wildman–Crippen MR) is 128 cm³/mol. The van der Waals surface area contributed by atoms with Crippen molar-refractivity contribution >= 4 is 17.5 Å². The first-order valence-corrected chi connectivity index (χ1v) is 12.0. The van der Waals surface area contributed by atoms with Crippen molar-refractivity contribution in [3.05, 3.63) is 54.4 Å². The van der Waals surface area contributed by atoms with Gasteiger partial charge in [0.1, 0.15) is 22.7 Å². The Hall–Kier alpha value is -3.55. The van der Waals surface area contributed by atoms with E-state index in [-0.39, 0.29) is 24.4 Å². The van der Waals surface area contributed by atoms with E-state index >= 15 is 0 Å². The smallest absolute Gasteiger partial charge is 0.277 e. The van der Waals surface area contributed by atoms with Crippen LogP contribution in [0.4, 0.5) is 5.69 Å². The van der Waals surface area contributed by atoms with Crippen LogP contribution in [0.5, 0.6) is 5.75 Å². The Labute approximate surface area is 198 Å². The standard InChI is InChI=1S/C26H30N4O4/c1-3-33-20-13-11-19(12-14-20)30-24(31)22-16-21(23-10-7-15-34-23)28-29(22)17-26(30,2)25(32)27-18-8-5-4-6-9-18/h7,10-16,18H,3-6,8-9,17H2,1-2H3,(H,27,32). The molecule has 8 nitrogen and oxygen atoms in total. The van der Waals surface area contributed by atoms with Gasteiger partial charge in [-0.2, -0.15) is 5.10 Å². The van der Waals surface area contributed by atoms with Crippen LogP contribution in [-0.4, -0.2) is 39.8 Å². The van der Waals surface area contributed by atoms with Crippen molar-refractivity contribution in [3.63, 3.8) is 0 Å². The van der Waals surface area contributed by atoms with Crippen LogP contribution in [0.3, 0.4) is 0 Å². The van der Waals surface area contributed by atoms with Crippen molar-refractivity contribution in [1.82, 2.24) is 15.1 Å². The van der Waals surface area contributed by atoms with Crippen LogP contribution in [0.2, 0.25) is 0 Å². The molecule has 178 valence electrons. The average Bonchev–Trinajstić information content (AvgIpc) is 3.51. The fourth-order valence-corrected chi connectivity index (χ4v) is 4.98. The van der Waals surface area contributed by atoms with Gasteiger partial charge in [0.25, 0.3) is 5.91 Å². The molecule has 1 aliphatic carbocycles. The van der Waals surface area contributed by atoms with Crippen molar-refractivity contribution in [2.24, 2.45) is 0 Å². The van der Waals surface area contributed by atoms with E-state index in [1.807, 2.05) is 38.1 Å². The topological polar surface area (TPSA) is 89.6 Å². The number of benzene rings is 1. The second-order valence-corrected chi connectivity index (χ2v) is 9.20. The number of amides is 2. The molecule has 1 N–H and O–H groups in total. The molecule has 1 aromatic carbocycles. The zero-order valence-corrected chi connectivity index (χ0v) is 19.6. The number of hydrogen-bond acceptors (Lipinski definition) is 5. The van der Waals surface area contributed by atoms with Crippen LogP contribution >= 0.6 is 0 Å². The normalized spacial score (nSPS) is 20.8. The summed E-state index contributed by atoms with van der Waals surface area (Å²) in [6.45, 7) is 4.53. The Morgan fingerprint density at radius 1 is 1.21 bits per heavy atom. The van der Waals surface area contributed by atoms with Crippen LogP contribution < -0.4 is 15.0 Å². The van der Waals surface area contributed by atoms with E-state index in [0.29, 0.717) is 35.2 Å². The zero-order valence-electron chi connectivity index (χ0n) is 19.6. The van der Waals surface area contributed by atoms with Gasteiger partial charge in [-0.3, -0.25) is 19.2 Å². The number of nitrogens with one attached hydrogen (secondary N) is 1. The predicted octanol–water partition coefficient (Wildman–Crippen LogP) is 4.41. The third-order valence-electron chi connectivity index (χ3n) is 6.76. The first-order chi connectivity index (χ1) is 16.5. The Bertz CT molecular complexity index is 1160. The molecule has 1 aliphatic heterocycles. The lowest BCUT2D eigenvalue weighted by Crippen LogP contribution is -2.65. The van der Waals surface area contributed by atoms with Gasteiger partial charge in [0.2, 0.25) is 5.91 Å². The highest BCUT2D eigenvalue weighted by atomic mass is 16.5. The van der Waals surface area contributed by atoms with Gasteiger partial charge in [-0.1, -0.05) is 19.3 Å². The van der Waals surface area contributed by atoms with E-state index in [1.54, 1.807) is 34.0 Å². The Balaban J connectivity index is 1.53. The van der Waals surface area contributed by atoms with E-state index in [9.17, 15) is 9.59 Å². The van der Waals surface area contributed by atoms with Crippen molar-refractivity contribution in [2.45, 2.75) is 64.1 Å². The summed E-state index contributed by atoms with van der Waals surface area (Å²) in [5, 5.41) is 7.84. The van der Waals surface area contributed by atoms with Gasteiger partial charge in [0, 0.05) is 17.8 Å². The van der Waals surface area contributed by atoms with Crippen molar-refractivity contribution < 1.29 is 18.7 Å². The van der Waals surface area contributed by atoms with Crippen molar-refractivity contribution in [3.8, 4) is 17.2 Å². The summed E-state index contributed by atoms with van der Waals surface area (Å²) in [4.78, 5) is 29.2. The fourth-order valence-electron chi connectivity index (χ4n) is 4.98. The maximum absolute atomic E-state index is 13.8. The molecule has 34 heavy (non-hydrogen) atoms. The third-order valence-corrected chi connectivity index (χ3v) is 6.76. The molecule has 2 aliphatic rings. The van der Waals surface area contributed by atoms with E-state index in [4.69, 9.17) is 9.15 Å². The highest BCUT2D eigenvalue weighted by Crippen LogP contribution is 2.35. The first-order valence-electron chi connectivity index (χ1n) is 12.0. The fraction of sp³-hybridized carbons (Fsp3) is 0.423. The molecule has 1 unspecified atom stereocenters. The first kappa shape index (κ1) is 22.3. The summed E-state index contributed by atoms with van der Waals surface area (Å²) in [5.41, 5.74) is 0.475. The molecule has 2 aromatic heterocycles. The van der Waals surface area contributed by atoms with E-state index in [1.165, 1.54) is 6.42 Å². The second kappa shape index (κ2) is 9.00. The van der Waals surface area contributed by atoms with Gasteiger partial charge in [-0.25, -0.2) is 0 Å². The van der Waals surface area contributed by atoms with Crippen LogP contribution in [0.25, 0.3) is 11.5 Å². The average molecular weight is 463 g/mol. The molecule has 0 spiro atoms. The van der Waals surface area contributed by atoms with Gasteiger partial charge >= 0.3 is 0 Å². The molecule has 1 saturated carbocycles. The Morgan fingerprint density at radius 3 is 2.65 bits per heavy atom. The van der Waals surface area contributed by atoms with Crippen LogP contribution in [-0.2, 0) is 11.3 Å². The third kappa shape index (κ3) is 3.97. The number of furan rings is 1. The number of hydrogen-bond donors (Lipinski definition) is 1. The lowest BCUT2D eigenvalue weighted by Gasteiger charge is -2.44. The van der Waals surface area contributed by atoms with Crippen LogP contribution in [0, 0.1) is 0 Å². The number of ether oxygens (including phenoxy) is 1. The maximum atomic E-state index is 13.8. The highest BCUT2D eigenvalue weighted by Gasteiger charge is 2.49. The minimum atomic E-state index is -1.15. The molecule has 0 bridgehead atoms. The van der Waals surface area contributed by atoms with Gasteiger partial charge < -0.3 is 14.5 Å². The summed E-state index contributed by atoms with van der Waals surface area (Å²) in [6.07, 6.45) is 6.93. The molecular weight excluding hydrogens is 432 g/mol. The highest BCUT2D eigenvalue weighted by molar-refractivity contribution is 6.12. The van der Waals surface area contributed by atoms with Gasteiger partial charge in [-0.05, 0) is 63.1 Å². The summed E-state index contributed by atoms with van der Waals surface area (Å²) >= 11 is 0. The van der Waals surface area contributed by atoms with E-state index in [0.717, 1.165) is 25.7 Å². The molecule has 1 fully saturated rings. The number of carbonyl (C=O) groups is 2. The number of nitrogens with zero attached hydrogens (tertiary/aromatic N) is 3. The summed E-state index contributed by atoms with van der Waals surface area (Å²) in [5.74, 6) is 0.856. The summed E-state index contributed by atoms with van der Waals surface area (Å²) in [7, 11) is 0. The second-order valence-electron chi connectivity index (χ2n) is 9.20. The van der Waals surface area contributed by atoms with Crippen molar-refractivity contribution in [2.75, 3.05) is 11.5 Å². The lowest BCUT2D eigenvalue weighted by atomic mass is 9.91. The van der Waals surface area contributed by atoms with E-state index < -0.39 is 5.54 Å². The van der Waals surface area contributed by atoms with Gasteiger partial charge in [-0.15, -0.1) is 0 Å². The molecule has 1 atom stereocenters. The zero-order chi connectivity index (χ0) is 23.7. The molecule has 3 heterocycles. The SMILES string of the molecule is CCOc1ccc(N2C(=O)c3cc(-c4ccco4)nn3CC2(C)C(=O)NC2CCCCC2)cc1. The molecule has 8 heteroatoms. The Kier molecular flexibility index (Phi) is 5.89. The number of carbonyl (C=O) groups excluding carboxylic acids is 2. The number of anilines is 1. The monoisotopic (exact) mass is 462 g/mol. The van der Waals surface area contributed by atoms with Gasteiger partial charge in [0.15, 0.2) is 5.76 Å². The molecule has 0 saturated heterocycles. The van der Waals surface area contributed by atoms with Crippen LogP contribution in [0.1, 0.15) is 56.4 Å². The molecule has 2 amide bonds. The molecule has 0 radical (unpaired) electrons. The van der Waals surface area contributed by atoms with Crippen LogP contribution in [0.15, 0.2) is 53.1 Å². The molecule has 3 aromatic rings. The summed E-state index contributed by atoms with van der Waals surface area (Å²) < 4.78 is 12.7. The minimum Gasteiger partial charge on any atom is -0.494 e. The van der Waals surface area contributed by atoms with E-state index in [2.05, 4.69) is 10.4 Å². The molecule has 5 rings (SSSR count). The maximum Gasteiger partial charge on any atom is 0.277 e. The lowest BCUT2D eigenvalue weighted by molar-refractivity contribution is -0.127. The molecular formula is C26H30N4O4.